The predicted molar refractivity (Wildman–Crippen MR) is 96.6 cm³/mol. The van der Waals surface area contributed by atoms with Crippen molar-refractivity contribution in [2.75, 3.05) is 11.9 Å². The summed E-state index contributed by atoms with van der Waals surface area (Å²) in [5, 5.41) is 6.53. The molecule has 6 nitrogen and oxygen atoms in total. The Morgan fingerprint density at radius 1 is 1.00 bits per heavy atom. The Morgan fingerprint density at radius 2 is 1.84 bits per heavy atom. The molecular formula is C19H18N4O2. The quantitative estimate of drug-likeness (QED) is 0.751. The van der Waals surface area contributed by atoms with Crippen molar-refractivity contribution in [2.45, 2.75) is 13.3 Å². The third kappa shape index (κ3) is 3.80. The maximum atomic E-state index is 12.5. The molecule has 0 fully saturated rings. The highest BCUT2D eigenvalue weighted by Crippen LogP contribution is 2.21. The van der Waals surface area contributed by atoms with Gasteiger partial charge in [-0.05, 0) is 30.7 Å². The lowest BCUT2D eigenvalue weighted by molar-refractivity contribution is 0.0948. The fourth-order valence-electron chi connectivity index (χ4n) is 2.42. The van der Waals surface area contributed by atoms with Crippen LogP contribution < -0.4 is 10.6 Å². The Bertz CT molecular complexity index is 919. The summed E-state index contributed by atoms with van der Waals surface area (Å²) >= 11 is 0. The van der Waals surface area contributed by atoms with E-state index >= 15 is 0 Å². The predicted octanol–water partition coefficient (Wildman–Crippen LogP) is 3.02. The lowest BCUT2D eigenvalue weighted by Crippen LogP contribution is -2.25. The second-order valence-electron chi connectivity index (χ2n) is 5.52. The summed E-state index contributed by atoms with van der Waals surface area (Å²) in [5.41, 5.74) is 1.92. The number of hydrogen-bond donors (Lipinski definition) is 2. The lowest BCUT2D eigenvalue weighted by Gasteiger charge is -2.09. The summed E-state index contributed by atoms with van der Waals surface area (Å²) in [6.07, 6.45) is 3.97. The molecule has 6 heteroatoms. The zero-order chi connectivity index (χ0) is 17.6. The van der Waals surface area contributed by atoms with Crippen LogP contribution in [0.15, 0.2) is 54.9 Å². The Kier molecular flexibility index (Phi) is 4.99. The number of anilines is 1. The van der Waals surface area contributed by atoms with Crippen LogP contribution in [0.25, 0.3) is 10.9 Å². The van der Waals surface area contributed by atoms with E-state index in [1.54, 1.807) is 18.3 Å². The molecule has 0 aliphatic carbocycles. The molecule has 2 amide bonds. The highest BCUT2D eigenvalue weighted by molar-refractivity contribution is 6.09. The van der Waals surface area contributed by atoms with E-state index in [4.69, 9.17) is 0 Å². The number of aromatic nitrogens is 2. The van der Waals surface area contributed by atoms with E-state index in [9.17, 15) is 9.59 Å². The van der Waals surface area contributed by atoms with Crippen LogP contribution in [-0.2, 0) is 0 Å². The van der Waals surface area contributed by atoms with Gasteiger partial charge in [0.1, 0.15) is 5.69 Å². The number of pyridine rings is 2. The van der Waals surface area contributed by atoms with Gasteiger partial charge in [0.05, 0.1) is 11.2 Å². The van der Waals surface area contributed by atoms with Crippen molar-refractivity contribution >= 4 is 28.4 Å². The number of amides is 2. The van der Waals surface area contributed by atoms with Crippen LogP contribution >= 0.6 is 0 Å². The van der Waals surface area contributed by atoms with Crippen molar-refractivity contribution in [3.8, 4) is 0 Å². The van der Waals surface area contributed by atoms with E-state index in [2.05, 4.69) is 20.6 Å². The maximum Gasteiger partial charge on any atom is 0.269 e. The van der Waals surface area contributed by atoms with Gasteiger partial charge >= 0.3 is 0 Å². The number of nitrogens with zero attached hydrogens (tertiary/aromatic N) is 2. The summed E-state index contributed by atoms with van der Waals surface area (Å²) in [6, 6.07) is 12.4. The maximum absolute atomic E-state index is 12.5. The van der Waals surface area contributed by atoms with Crippen LogP contribution in [0.3, 0.4) is 0 Å². The fourth-order valence-corrected chi connectivity index (χ4v) is 2.42. The Morgan fingerprint density at radius 3 is 2.68 bits per heavy atom. The smallest absolute Gasteiger partial charge is 0.269 e. The number of benzene rings is 1. The highest BCUT2D eigenvalue weighted by atomic mass is 16.2. The zero-order valence-corrected chi connectivity index (χ0v) is 13.8. The van der Waals surface area contributed by atoms with Gasteiger partial charge in [-0.1, -0.05) is 25.1 Å². The number of para-hydroxylation sites is 1. The zero-order valence-electron chi connectivity index (χ0n) is 13.8. The number of nitrogens with one attached hydrogen (secondary N) is 2. The number of fused-ring (bicyclic) bond motifs is 1. The van der Waals surface area contributed by atoms with E-state index < -0.39 is 0 Å². The van der Waals surface area contributed by atoms with Gasteiger partial charge in [-0.15, -0.1) is 0 Å². The minimum Gasteiger partial charge on any atom is -0.351 e. The minimum atomic E-state index is -0.315. The van der Waals surface area contributed by atoms with E-state index in [1.807, 2.05) is 31.2 Å². The molecule has 0 radical (unpaired) electrons. The van der Waals surface area contributed by atoms with E-state index in [0.717, 1.165) is 11.8 Å². The molecule has 0 atom stereocenters. The average molecular weight is 334 g/mol. The van der Waals surface area contributed by atoms with Gasteiger partial charge in [-0.2, -0.15) is 0 Å². The topological polar surface area (TPSA) is 84.0 Å². The summed E-state index contributed by atoms with van der Waals surface area (Å²) in [7, 11) is 0. The molecule has 2 N–H and O–H groups in total. The highest BCUT2D eigenvalue weighted by Gasteiger charge is 2.13. The van der Waals surface area contributed by atoms with Crippen LogP contribution in [0.2, 0.25) is 0 Å². The molecular weight excluding hydrogens is 316 g/mol. The molecule has 0 aliphatic heterocycles. The van der Waals surface area contributed by atoms with Crippen LogP contribution in [0.4, 0.5) is 5.69 Å². The van der Waals surface area contributed by atoms with E-state index in [1.165, 1.54) is 12.3 Å². The molecule has 0 bridgehead atoms. The van der Waals surface area contributed by atoms with Crippen LogP contribution in [-0.4, -0.2) is 28.3 Å². The van der Waals surface area contributed by atoms with Crippen LogP contribution in [0, 0.1) is 0 Å². The van der Waals surface area contributed by atoms with Crippen molar-refractivity contribution in [2.24, 2.45) is 0 Å². The van der Waals surface area contributed by atoms with Crippen LogP contribution in [0.1, 0.15) is 34.2 Å². The van der Waals surface area contributed by atoms with Gasteiger partial charge in [-0.3, -0.25) is 19.6 Å². The van der Waals surface area contributed by atoms with Gasteiger partial charge in [0.25, 0.3) is 11.8 Å². The summed E-state index contributed by atoms with van der Waals surface area (Å²) in [4.78, 5) is 32.9. The van der Waals surface area contributed by atoms with Crippen molar-refractivity contribution in [3.05, 3.63) is 66.1 Å². The largest absolute Gasteiger partial charge is 0.351 e. The van der Waals surface area contributed by atoms with Gasteiger partial charge in [0.15, 0.2) is 0 Å². The number of hydrogen-bond acceptors (Lipinski definition) is 4. The number of rotatable bonds is 5. The molecule has 2 aromatic heterocycles. The first-order valence-corrected chi connectivity index (χ1v) is 8.08. The molecule has 3 aromatic rings. The Hall–Kier alpha value is -3.28. The third-order valence-electron chi connectivity index (χ3n) is 3.67. The van der Waals surface area contributed by atoms with Crippen molar-refractivity contribution in [3.63, 3.8) is 0 Å². The molecule has 2 heterocycles. The lowest BCUT2D eigenvalue weighted by atomic mass is 10.1. The molecule has 25 heavy (non-hydrogen) atoms. The monoisotopic (exact) mass is 334 g/mol. The standard InChI is InChI=1S/C19H18N4O2/c1-2-9-22-19(25)16-12-14(8-11-20-16)18(24)23-15-7-3-5-13-6-4-10-21-17(13)15/h3-8,10-12H,2,9H2,1H3,(H,22,25)(H,23,24). The molecule has 0 spiro atoms. The summed E-state index contributed by atoms with van der Waals surface area (Å²) in [6.45, 7) is 2.54. The Labute approximate surface area is 145 Å². The van der Waals surface area contributed by atoms with E-state index in [0.29, 0.717) is 23.3 Å². The number of carbonyl (C=O) groups excluding carboxylic acids is 2. The molecule has 3 rings (SSSR count). The molecule has 0 unspecified atom stereocenters. The molecule has 0 aliphatic rings. The fraction of sp³-hybridized carbons (Fsp3) is 0.158. The van der Waals surface area contributed by atoms with Gasteiger partial charge < -0.3 is 10.6 Å². The second kappa shape index (κ2) is 7.53. The molecule has 126 valence electrons. The van der Waals surface area contributed by atoms with Crippen molar-refractivity contribution in [1.82, 2.24) is 15.3 Å². The molecule has 0 saturated heterocycles. The molecule has 0 saturated carbocycles. The van der Waals surface area contributed by atoms with Crippen molar-refractivity contribution < 1.29 is 9.59 Å². The van der Waals surface area contributed by atoms with Gasteiger partial charge in [0.2, 0.25) is 0 Å². The first kappa shape index (κ1) is 16.6. The van der Waals surface area contributed by atoms with Crippen LogP contribution in [0.5, 0.6) is 0 Å². The van der Waals surface area contributed by atoms with E-state index in [-0.39, 0.29) is 17.5 Å². The second-order valence-corrected chi connectivity index (χ2v) is 5.52. The van der Waals surface area contributed by atoms with Gasteiger partial charge in [0, 0.05) is 29.9 Å². The molecule has 1 aromatic carbocycles. The average Bonchev–Trinajstić information content (AvgIpc) is 2.66. The number of carbonyl (C=O) groups is 2. The van der Waals surface area contributed by atoms with Crippen molar-refractivity contribution in [1.29, 1.82) is 0 Å². The first-order chi connectivity index (χ1) is 12.2. The Balaban J connectivity index is 1.82. The summed E-state index contributed by atoms with van der Waals surface area (Å²) < 4.78 is 0. The van der Waals surface area contributed by atoms with Gasteiger partial charge in [-0.25, -0.2) is 0 Å². The SMILES string of the molecule is CCCNC(=O)c1cc(C(=O)Nc2cccc3cccnc23)ccn1. The normalized spacial score (nSPS) is 10.4. The minimum absolute atomic E-state index is 0.220. The summed E-state index contributed by atoms with van der Waals surface area (Å²) in [5.74, 6) is -0.603. The third-order valence-corrected chi connectivity index (χ3v) is 3.67. The first-order valence-electron chi connectivity index (χ1n) is 8.08.